The number of benzene rings is 1. The fourth-order valence-corrected chi connectivity index (χ4v) is 2.65. The lowest BCUT2D eigenvalue weighted by Gasteiger charge is -2.15. The second-order valence-electron chi connectivity index (χ2n) is 4.14. The van der Waals surface area contributed by atoms with Crippen molar-refractivity contribution in [1.82, 2.24) is 10.3 Å². The van der Waals surface area contributed by atoms with Gasteiger partial charge in [0.2, 0.25) is 0 Å². The molecular weight excluding hydrogens is 228 g/mol. The third-order valence-electron chi connectivity index (χ3n) is 2.96. The van der Waals surface area contributed by atoms with Crippen molar-refractivity contribution < 1.29 is 0 Å². The van der Waals surface area contributed by atoms with Gasteiger partial charge >= 0.3 is 0 Å². The number of nitrogens with zero attached hydrogens (tertiary/aromatic N) is 1. The van der Waals surface area contributed by atoms with Crippen molar-refractivity contribution in [3.05, 3.63) is 52.0 Å². The molecule has 1 unspecified atom stereocenters. The Hall–Kier alpha value is -1.19. The first-order valence-corrected chi connectivity index (χ1v) is 6.86. The van der Waals surface area contributed by atoms with E-state index in [0.717, 1.165) is 13.0 Å². The molecule has 0 amide bonds. The van der Waals surface area contributed by atoms with Crippen molar-refractivity contribution in [2.75, 3.05) is 0 Å². The smallest absolute Gasteiger partial charge is 0.109 e. The molecule has 0 saturated carbocycles. The predicted molar refractivity (Wildman–Crippen MR) is 73.2 cm³/mol. The average molecular weight is 246 g/mol. The van der Waals surface area contributed by atoms with Crippen LogP contribution in [-0.4, -0.2) is 4.98 Å². The van der Waals surface area contributed by atoms with E-state index < -0.39 is 0 Å². The van der Waals surface area contributed by atoms with Crippen LogP contribution in [0.25, 0.3) is 0 Å². The standard InChI is InChI=1S/C14H18N2S/c1-3-13(14-15-8-9-17-14)16-10-12-7-5-4-6-11(12)2/h4-9,13,16H,3,10H2,1-2H3. The van der Waals surface area contributed by atoms with Crippen LogP contribution >= 0.6 is 11.3 Å². The summed E-state index contributed by atoms with van der Waals surface area (Å²) in [5.41, 5.74) is 2.71. The highest BCUT2D eigenvalue weighted by atomic mass is 32.1. The molecule has 0 aliphatic rings. The van der Waals surface area contributed by atoms with E-state index in [9.17, 15) is 0 Å². The number of hydrogen-bond donors (Lipinski definition) is 1. The van der Waals surface area contributed by atoms with Crippen LogP contribution in [-0.2, 0) is 6.54 Å². The van der Waals surface area contributed by atoms with Crippen molar-refractivity contribution in [3.63, 3.8) is 0 Å². The topological polar surface area (TPSA) is 24.9 Å². The fourth-order valence-electron chi connectivity index (χ4n) is 1.85. The molecule has 0 radical (unpaired) electrons. The molecule has 0 saturated heterocycles. The van der Waals surface area contributed by atoms with Gasteiger partial charge in [0.05, 0.1) is 6.04 Å². The summed E-state index contributed by atoms with van der Waals surface area (Å²) in [6.07, 6.45) is 2.94. The lowest BCUT2D eigenvalue weighted by molar-refractivity contribution is 0.516. The minimum absolute atomic E-state index is 0.370. The number of aromatic nitrogens is 1. The molecule has 0 bridgehead atoms. The van der Waals surface area contributed by atoms with Gasteiger partial charge in [0.25, 0.3) is 0 Å². The normalized spacial score (nSPS) is 12.6. The van der Waals surface area contributed by atoms with E-state index in [-0.39, 0.29) is 0 Å². The monoisotopic (exact) mass is 246 g/mol. The van der Waals surface area contributed by atoms with E-state index >= 15 is 0 Å². The highest BCUT2D eigenvalue weighted by Crippen LogP contribution is 2.19. The van der Waals surface area contributed by atoms with Gasteiger partial charge in [-0.1, -0.05) is 31.2 Å². The summed E-state index contributed by atoms with van der Waals surface area (Å²) in [5.74, 6) is 0. The maximum absolute atomic E-state index is 4.38. The molecule has 3 heteroatoms. The Kier molecular flexibility index (Phi) is 4.29. The van der Waals surface area contributed by atoms with Gasteiger partial charge in [-0.05, 0) is 24.5 Å². The molecule has 2 rings (SSSR count). The Balaban J connectivity index is 2.00. The van der Waals surface area contributed by atoms with Crippen LogP contribution in [0, 0.1) is 6.92 Å². The largest absolute Gasteiger partial charge is 0.304 e. The van der Waals surface area contributed by atoms with Gasteiger partial charge in [0.1, 0.15) is 5.01 Å². The van der Waals surface area contributed by atoms with Crippen LogP contribution in [0.5, 0.6) is 0 Å². The molecule has 0 aliphatic heterocycles. The molecule has 90 valence electrons. The molecule has 0 aliphatic carbocycles. The quantitative estimate of drug-likeness (QED) is 0.870. The molecule has 2 nitrogen and oxygen atoms in total. The minimum Gasteiger partial charge on any atom is -0.304 e. The highest BCUT2D eigenvalue weighted by Gasteiger charge is 2.11. The third kappa shape index (κ3) is 3.14. The van der Waals surface area contributed by atoms with Gasteiger partial charge in [-0.15, -0.1) is 11.3 Å². The Morgan fingerprint density at radius 2 is 2.18 bits per heavy atom. The Morgan fingerprint density at radius 3 is 2.82 bits per heavy atom. The number of hydrogen-bond acceptors (Lipinski definition) is 3. The molecule has 1 N–H and O–H groups in total. The summed E-state index contributed by atoms with van der Waals surface area (Å²) in [5, 5.41) is 6.79. The van der Waals surface area contributed by atoms with Crippen molar-refractivity contribution in [2.24, 2.45) is 0 Å². The lowest BCUT2D eigenvalue weighted by Crippen LogP contribution is -2.20. The summed E-state index contributed by atoms with van der Waals surface area (Å²) >= 11 is 1.72. The van der Waals surface area contributed by atoms with Crippen LogP contribution in [0.15, 0.2) is 35.8 Å². The highest BCUT2D eigenvalue weighted by molar-refractivity contribution is 7.09. The summed E-state index contributed by atoms with van der Waals surface area (Å²) in [6, 6.07) is 8.87. The molecule has 1 aromatic carbocycles. The molecule has 1 atom stereocenters. The second kappa shape index (κ2) is 5.94. The van der Waals surface area contributed by atoms with E-state index in [4.69, 9.17) is 0 Å². The van der Waals surface area contributed by atoms with Gasteiger partial charge in [-0.3, -0.25) is 0 Å². The first kappa shape index (κ1) is 12.3. The van der Waals surface area contributed by atoms with Gasteiger partial charge in [0, 0.05) is 18.1 Å². The van der Waals surface area contributed by atoms with Crippen molar-refractivity contribution in [2.45, 2.75) is 32.9 Å². The van der Waals surface area contributed by atoms with E-state index in [1.165, 1.54) is 16.1 Å². The lowest BCUT2D eigenvalue weighted by atomic mass is 10.1. The zero-order valence-corrected chi connectivity index (χ0v) is 11.1. The van der Waals surface area contributed by atoms with Crippen molar-refractivity contribution >= 4 is 11.3 Å². The van der Waals surface area contributed by atoms with E-state index in [1.54, 1.807) is 11.3 Å². The molecule has 2 aromatic rings. The van der Waals surface area contributed by atoms with Crippen molar-refractivity contribution in [3.8, 4) is 0 Å². The average Bonchev–Trinajstić information content (AvgIpc) is 2.86. The summed E-state index contributed by atoms with van der Waals surface area (Å²) in [4.78, 5) is 4.38. The Labute approximate surface area is 107 Å². The maximum atomic E-state index is 4.38. The number of thiazole rings is 1. The third-order valence-corrected chi connectivity index (χ3v) is 3.85. The van der Waals surface area contributed by atoms with Crippen molar-refractivity contribution in [1.29, 1.82) is 0 Å². The van der Waals surface area contributed by atoms with Gasteiger partial charge < -0.3 is 5.32 Å². The minimum atomic E-state index is 0.370. The van der Waals surface area contributed by atoms with Gasteiger partial charge in [-0.2, -0.15) is 0 Å². The first-order chi connectivity index (χ1) is 8.31. The van der Waals surface area contributed by atoms with Crippen LogP contribution in [0.4, 0.5) is 0 Å². The van der Waals surface area contributed by atoms with Crippen LogP contribution in [0.1, 0.15) is 35.5 Å². The van der Waals surface area contributed by atoms with Crippen LogP contribution in [0.3, 0.4) is 0 Å². The number of aryl methyl sites for hydroxylation is 1. The van der Waals surface area contributed by atoms with E-state index in [1.807, 2.05) is 11.6 Å². The second-order valence-corrected chi connectivity index (χ2v) is 5.06. The molecule has 1 aromatic heterocycles. The van der Waals surface area contributed by atoms with E-state index in [2.05, 4.69) is 48.4 Å². The Morgan fingerprint density at radius 1 is 1.35 bits per heavy atom. The zero-order valence-electron chi connectivity index (χ0n) is 10.3. The summed E-state index contributed by atoms with van der Waals surface area (Å²) in [7, 11) is 0. The number of rotatable bonds is 5. The number of nitrogens with one attached hydrogen (secondary N) is 1. The van der Waals surface area contributed by atoms with E-state index in [0.29, 0.717) is 6.04 Å². The summed E-state index contributed by atoms with van der Waals surface area (Å²) in [6.45, 7) is 5.25. The zero-order chi connectivity index (χ0) is 12.1. The first-order valence-electron chi connectivity index (χ1n) is 5.98. The molecule has 0 spiro atoms. The van der Waals surface area contributed by atoms with Gasteiger partial charge in [-0.25, -0.2) is 4.98 Å². The SMILES string of the molecule is CCC(NCc1ccccc1C)c1nccs1. The molecule has 1 heterocycles. The fraction of sp³-hybridized carbons (Fsp3) is 0.357. The molecular formula is C14H18N2S. The predicted octanol–water partition coefficient (Wildman–Crippen LogP) is 3.69. The molecule has 17 heavy (non-hydrogen) atoms. The van der Waals surface area contributed by atoms with Gasteiger partial charge in [0.15, 0.2) is 0 Å². The Bertz CT molecular complexity index is 451. The maximum Gasteiger partial charge on any atom is 0.109 e. The summed E-state index contributed by atoms with van der Waals surface area (Å²) < 4.78 is 0. The van der Waals surface area contributed by atoms with Crippen LogP contribution in [0.2, 0.25) is 0 Å². The molecule has 0 fully saturated rings. The van der Waals surface area contributed by atoms with Crippen LogP contribution < -0.4 is 5.32 Å².